The van der Waals surface area contributed by atoms with Gasteiger partial charge in [-0.3, -0.25) is 4.79 Å². The second-order valence-electron chi connectivity index (χ2n) is 3.98. The third-order valence-electron chi connectivity index (χ3n) is 2.35. The van der Waals surface area contributed by atoms with E-state index in [2.05, 4.69) is 10.6 Å². The van der Waals surface area contributed by atoms with Gasteiger partial charge >= 0.3 is 6.03 Å². The summed E-state index contributed by atoms with van der Waals surface area (Å²) in [6, 6.07) is 2.58. The Balaban J connectivity index is 0.00000324. The number of hydrogen-bond donors (Lipinski definition) is 4. The Morgan fingerprint density at radius 3 is 2.58 bits per heavy atom. The topological polar surface area (TPSA) is 110 Å². The number of amides is 3. The summed E-state index contributed by atoms with van der Waals surface area (Å²) in [7, 11) is 0. The number of nitrogens with two attached hydrogens (primary N) is 2. The molecule has 3 amide bonds. The standard InChI is InChI=1S/C11H18N4O2S.ClH/c1-7(6-12)14-10(16)5-8(15-11(13)17)9-3-2-4-18-9;/h2-4,7-8H,5-6,12H2,1H3,(H,14,16)(H3,13,15,17);1H/t7-,8?;/m0./s1. The lowest BCUT2D eigenvalue weighted by Crippen LogP contribution is -2.41. The van der Waals surface area contributed by atoms with Crippen molar-refractivity contribution in [2.75, 3.05) is 6.54 Å². The molecule has 0 aliphatic carbocycles. The van der Waals surface area contributed by atoms with Crippen LogP contribution in [0.2, 0.25) is 0 Å². The zero-order valence-corrected chi connectivity index (χ0v) is 12.2. The van der Waals surface area contributed by atoms with E-state index in [0.29, 0.717) is 6.54 Å². The molecule has 1 aromatic rings. The second kappa shape index (κ2) is 8.73. The van der Waals surface area contributed by atoms with Crippen LogP contribution < -0.4 is 22.1 Å². The molecular weight excluding hydrogens is 288 g/mol. The van der Waals surface area contributed by atoms with Crippen molar-refractivity contribution < 1.29 is 9.59 Å². The number of nitrogens with one attached hydrogen (secondary N) is 2. The van der Waals surface area contributed by atoms with Crippen molar-refractivity contribution in [3.8, 4) is 0 Å². The van der Waals surface area contributed by atoms with Crippen molar-refractivity contribution in [3.05, 3.63) is 22.4 Å². The second-order valence-corrected chi connectivity index (χ2v) is 4.96. The molecule has 0 fully saturated rings. The molecule has 1 heterocycles. The van der Waals surface area contributed by atoms with E-state index in [0.717, 1.165) is 4.88 Å². The van der Waals surface area contributed by atoms with Crippen LogP contribution in [0.15, 0.2) is 17.5 Å². The monoisotopic (exact) mass is 306 g/mol. The molecule has 0 radical (unpaired) electrons. The SMILES string of the molecule is C[C@@H](CN)NC(=O)CC(NC(N)=O)c1cccs1.Cl. The summed E-state index contributed by atoms with van der Waals surface area (Å²) in [5.74, 6) is -0.167. The first kappa shape index (κ1) is 17.7. The molecule has 2 atom stereocenters. The van der Waals surface area contributed by atoms with E-state index in [-0.39, 0.29) is 30.8 Å². The fourth-order valence-corrected chi connectivity index (χ4v) is 2.24. The Kier molecular flexibility index (Phi) is 8.13. The highest BCUT2D eigenvalue weighted by Gasteiger charge is 2.18. The quantitative estimate of drug-likeness (QED) is 0.622. The van der Waals surface area contributed by atoms with Gasteiger partial charge in [-0.15, -0.1) is 23.7 Å². The molecule has 0 aliphatic rings. The summed E-state index contributed by atoms with van der Waals surface area (Å²) < 4.78 is 0. The number of carbonyl (C=O) groups is 2. The summed E-state index contributed by atoms with van der Waals surface area (Å²) in [5, 5.41) is 7.19. The zero-order valence-electron chi connectivity index (χ0n) is 10.6. The minimum absolute atomic E-state index is 0. The molecule has 8 heteroatoms. The van der Waals surface area contributed by atoms with Gasteiger partial charge in [0.1, 0.15) is 0 Å². The first-order chi connectivity index (χ1) is 8.52. The van der Waals surface area contributed by atoms with Gasteiger partial charge in [0.15, 0.2) is 0 Å². The summed E-state index contributed by atoms with van der Waals surface area (Å²) in [6.07, 6.45) is 0.147. The van der Waals surface area contributed by atoms with Crippen LogP contribution in [0.4, 0.5) is 4.79 Å². The molecule has 0 bridgehead atoms. The van der Waals surface area contributed by atoms with Crippen LogP contribution in [0.1, 0.15) is 24.3 Å². The molecule has 0 spiro atoms. The Morgan fingerprint density at radius 1 is 1.42 bits per heavy atom. The highest BCUT2D eigenvalue weighted by atomic mass is 35.5. The smallest absolute Gasteiger partial charge is 0.312 e. The molecule has 6 nitrogen and oxygen atoms in total. The van der Waals surface area contributed by atoms with Crippen LogP contribution in [-0.2, 0) is 4.79 Å². The molecule has 108 valence electrons. The van der Waals surface area contributed by atoms with Crippen molar-refractivity contribution in [2.45, 2.75) is 25.4 Å². The summed E-state index contributed by atoms with van der Waals surface area (Å²) >= 11 is 1.46. The van der Waals surface area contributed by atoms with Crippen LogP contribution >= 0.6 is 23.7 Å². The minimum atomic E-state index is -0.645. The fourth-order valence-electron chi connectivity index (χ4n) is 1.46. The number of halogens is 1. The van der Waals surface area contributed by atoms with E-state index in [1.54, 1.807) is 0 Å². The van der Waals surface area contributed by atoms with Gasteiger partial charge < -0.3 is 22.1 Å². The molecule has 1 aromatic heterocycles. The van der Waals surface area contributed by atoms with Gasteiger partial charge in [-0.25, -0.2) is 4.79 Å². The lowest BCUT2D eigenvalue weighted by molar-refractivity contribution is -0.122. The third-order valence-corrected chi connectivity index (χ3v) is 3.34. The van der Waals surface area contributed by atoms with Gasteiger partial charge in [-0.1, -0.05) is 6.07 Å². The van der Waals surface area contributed by atoms with Gasteiger partial charge in [0, 0.05) is 17.5 Å². The van der Waals surface area contributed by atoms with E-state index >= 15 is 0 Å². The maximum absolute atomic E-state index is 11.7. The van der Waals surface area contributed by atoms with Crippen LogP contribution in [0.3, 0.4) is 0 Å². The highest BCUT2D eigenvalue weighted by Crippen LogP contribution is 2.21. The first-order valence-electron chi connectivity index (χ1n) is 5.61. The number of primary amides is 1. The Hall–Kier alpha value is -1.31. The molecule has 19 heavy (non-hydrogen) atoms. The Bertz CT molecular complexity index is 399. The van der Waals surface area contributed by atoms with Gasteiger partial charge in [0.05, 0.1) is 12.5 Å². The van der Waals surface area contributed by atoms with Crippen LogP contribution in [-0.4, -0.2) is 24.5 Å². The maximum Gasteiger partial charge on any atom is 0.312 e. The summed E-state index contributed by atoms with van der Waals surface area (Å²) in [6.45, 7) is 2.19. The number of urea groups is 1. The van der Waals surface area contributed by atoms with Crippen LogP contribution in [0, 0.1) is 0 Å². The van der Waals surface area contributed by atoms with E-state index in [1.807, 2.05) is 24.4 Å². The van der Waals surface area contributed by atoms with Gasteiger partial charge in [-0.05, 0) is 18.4 Å². The van der Waals surface area contributed by atoms with Gasteiger partial charge in [-0.2, -0.15) is 0 Å². The molecule has 0 saturated heterocycles. The molecule has 0 aromatic carbocycles. The largest absolute Gasteiger partial charge is 0.352 e. The molecule has 1 unspecified atom stereocenters. The first-order valence-corrected chi connectivity index (χ1v) is 6.49. The highest BCUT2D eigenvalue weighted by molar-refractivity contribution is 7.10. The lowest BCUT2D eigenvalue weighted by Gasteiger charge is -2.17. The van der Waals surface area contributed by atoms with E-state index in [9.17, 15) is 9.59 Å². The molecule has 0 aliphatic heterocycles. The Morgan fingerprint density at radius 2 is 2.11 bits per heavy atom. The molecule has 1 rings (SSSR count). The number of carbonyl (C=O) groups excluding carboxylic acids is 2. The molecular formula is C11H19ClN4O2S. The van der Waals surface area contributed by atoms with Crippen LogP contribution in [0.25, 0.3) is 0 Å². The number of hydrogen-bond acceptors (Lipinski definition) is 4. The normalized spacial score (nSPS) is 12.9. The fraction of sp³-hybridized carbons (Fsp3) is 0.455. The van der Waals surface area contributed by atoms with Crippen molar-refractivity contribution in [3.63, 3.8) is 0 Å². The van der Waals surface area contributed by atoms with Crippen molar-refractivity contribution in [1.82, 2.24) is 10.6 Å². The average Bonchev–Trinajstić information content (AvgIpc) is 2.80. The lowest BCUT2D eigenvalue weighted by atomic mass is 10.1. The predicted molar refractivity (Wildman–Crippen MR) is 78.3 cm³/mol. The van der Waals surface area contributed by atoms with E-state index in [1.165, 1.54) is 11.3 Å². The maximum atomic E-state index is 11.7. The van der Waals surface area contributed by atoms with Gasteiger partial charge in [0.25, 0.3) is 0 Å². The average molecular weight is 307 g/mol. The van der Waals surface area contributed by atoms with Crippen molar-refractivity contribution >= 4 is 35.7 Å². The number of rotatable bonds is 6. The van der Waals surface area contributed by atoms with E-state index < -0.39 is 12.1 Å². The van der Waals surface area contributed by atoms with E-state index in [4.69, 9.17) is 11.5 Å². The van der Waals surface area contributed by atoms with Crippen molar-refractivity contribution in [1.29, 1.82) is 0 Å². The van der Waals surface area contributed by atoms with Crippen molar-refractivity contribution in [2.24, 2.45) is 11.5 Å². The molecule has 6 N–H and O–H groups in total. The third kappa shape index (κ3) is 6.42. The zero-order chi connectivity index (χ0) is 13.5. The summed E-state index contributed by atoms with van der Waals surface area (Å²) in [4.78, 5) is 23.6. The van der Waals surface area contributed by atoms with Crippen LogP contribution in [0.5, 0.6) is 0 Å². The van der Waals surface area contributed by atoms with Gasteiger partial charge in [0.2, 0.25) is 5.91 Å². The molecule has 0 saturated carbocycles. The summed E-state index contributed by atoms with van der Waals surface area (Å²) in [5.41, 5.74) is 10.5. The Labute approximate surface area is 122 Å². The number of thiophene rings is 1. The minimum Gasteiger partial charge on any atom is -0.352 e. The predicted octanol–water partition coefficient (Wildman–Crippen LogP) is 0.733.